The number of hydrogen-bond acceptors (Lipinski definition) is 2. The van der Waals surface area contributed by atoms with E-state index >= 15 is 0 Å². The van der Waals surface area contributed by atoms with Crippen LogP contribution >= 0.6 is 0 Å². The second kappa shape index (κ2) is 19.0. The summed E-state index contributed by atoms with van der Waals surface area (Å²) in [6, 6.07) is 13.6. The fourth-order valence-corrected chi connectivity index (χ4v) is 2.42. The maximum atomic E-state index is 11.4. The Balaban J connectivity index is 0. The van der Waals surface area contributed by atoms with E-state index in [4.69, 9.17) is 4.74 Å². The summed E-state index contributed by atoms with van der Waals surface area (Å²) in [4.78, 5) is 11.4. The maximum Gasteiger partial charge on any atom is 1.00 e. The summed E-state index contributed by atoms with van der Waals surface area (Å²) in [6.45, 7) is 15.6. The fraction of sp³-hybridized carbons (Fsp3) is 0.385. The van der Waals surface area contributed by atoms with Crippen molar-refractivity contribution in [3.05, 3.63) is 79.4 Å². The fourth-order valence-electron chi connectivity index (χ4n) is 2.42. The molecule has 2 rings (SSSR count). The zero-order valence-corrected chi connectivity index (χ0v) is 19.9. The molecule has 0 saturated carbocycles. The Labute approximate surface area is 197 Å². The predicted octanol–water partition coefficient (Wildman–Crippen LogP) is 4.14. The summed E-state index contributed by atoms with van der Waals surface area (Å²) < 4.78 is 4.94. The van der Waals surface area contributed by atoms with Crippen LogP contribution in [0.5, 0.6) is 5.75 Å². The Bertz CT molecular complexity index is 660. The molecule has 1 amide bonds. The molecular weight excluding hydrogens is 365 g/mol. The molecule has 0 aliphatic rings. The minimum Gasteiger partial charge on any atom is -0.499 e. The Kier molecular flexibility index (Phi) is 19.2. The molecule has 0 fully saturated rings. The van der Waals surface area contributed by atoms with Gasteiger partial charge in [0.25, 0.3) is 0 Å². The van der Waals surface area contributed by atoms with Crippen molar-refractivity contribution in [2.75, 3.05) is 12.4 Å². The molecule has 162 valence electrons. The number of carbonyl (C=O) groups excluding carboxylic acids is 1. The first-order valence-electron chi connectivity index (χ1n) is 10.3. The van der Waals surface area contributed by atoms with Crippen LogP contribution in [0.2, 0.25) is 0 Å². The second-order valence-corrected chi connectivity index (χ2v) is 6.78. The molecule has 1 N–H and O–H groups in total. The third-order valence-corrected chi connectivity index (χ3v) is 4.13. The van der Waals surface area contributed by atoms with Crippen molar-refractivity contribution in [3.63, 3.8) is 0 Å². The molecule has 0 unspecified atom stereocenters. The molecule has 30 heavy (non-hydrogen) atoms. The van der Waals surface area contributed by atoms with Crippen LogP contribution in [0.4, 0.5) is 5.69 Å². The van der Waals surface area contributed by atoms with E-state index in [9.17, 15) is 4.79 Å². The van der Waals surface area contributed by atoms with E-state index in [0.29, 0.717) is 0 Å². The maximum absolute atomic E-state index is 11.4. The van der Waals surface area contributed by atoms with E-state index < -0.39 is 0 Å². The van der Waals surface area contributed by atoms with E-state index in [1.54, 1.807) is 13.5 Å². The van der Waals surface area contributed by atoms with Gasteiger partial charge in [-0.3, -0.25) is 0 Å². The molecule has 0 atom stereocenters. The van der Waals surface area contributed by atoms with Crippen molar-refractivity contribution >= 4 is 11.6 Å². The molecule has 0 bridgehead atoms. The van der Waals surface area contributed by atoms with Gasteiger partial charge in [0.1, 0.15) is 0 Å². The number of anilines is 1. The number of amides is 1. The molecule has 2 aromatic carbocycles. The van der Waals surface area contributed by atoms with Gasteiger partial charge in [-0.25, -0.2) is 0 Å². The first-order chi connectivity index (χ1) is 13.9. The molecule has 4 heteroatoms. The van der Waals surface area contributed by atoms with E-state index in [-0.39, 0.29) is 24.8 Å². The van der Waals surface area contributed by atoms with Crippen LogP contribution in [0.1, 0.15) is 62.6 Å². The number of unbranched alkanes of at least 4 members (excludes halogenated alkanes) is 3. The number of benzene rings is 2. The standard InChI is InChI=1S/C12H16NO.C8H9O.C6H13.Li/c1-4-6-11(14)13-12-9(2)7-5-8-10(12)3;1-7-3-5-8(9-2)6-4-7;1-3-5-6-4-2;/h5-8H,4H2,1-3H3,(H,13,14);3-6H,1H2,2H3;1,3-6H2,2H3;/q3*-1;+1. The topological polar surface area (TPSA) is 38.3 Å². The van der Waals surface area contributed by atoms with Crippen LogP contribution < -0.4 is 28.9 Å². The minimum absolute atomic E-state index is 0. The Hall–Kier alpha value is -1.95. The molecule has 0 aliphatic heterocycles. The monoisotopic (exact) mass is 403 g/mol. The van der Waals surface area contributed by atoms with Crippen LogP contribution in [0.15, 0.2) is 42.5 Å². The van der Waals surface area contributed by atoms with Gasteiger partial charge in [-0.1, -0.05) is 63.4 Å². The van der Waals surface area contributed by atoms with Crippen molar-refractivity contribution in [1.82, 2.24) is 0 Å². The number of aryl methyl sites for hydroxylation is 2. The van der Waals surface area contributed by atoms with E-state index in [1.165, 1.54) is 19.3 Å². The summed E-state index contributed by atoms with van der Waals surface area (Å²) in [5.41, 5.74) is 4.14. The predicted molar refractivity (Wildman–Crippen MR) is 126 cm³/mol. The number of methoxy groups -OCH3 is 1. The first-order valence-corrected chi connectivity index (χ1v) is 10.3. The van der Waals surface area contributed by atoms with E-state index in [2.05, 4.69) is 26.1 Å². The molecule has 3 nitrogen and oxygen atoms in total. The summed E-state index contributed by atoms with van der Waals surface area (Å²) in [5, 5.41) is 2.88. The summed E-state index contributed by atoms with van der Waals surface area (Å²) in [5.74, 6) is 0.854. The van der Waals surface area contributed by atoms with Gasteiger partial charge < -0.3 is 28.2 Å². The molecular formula is C26H38LiNO2-2. The molecule has 0 aromatic heterocycles. The molecule has 0 aliphatic carbocycles. The smallest absolute Gasteiger partial charge is 0.499 e. The Morgan fingerprint density at radius 2 is 1.60 bits per heavy atom. The number of ether oxygens (including phenoxy) is 1. The number of rotatable bonds is 7. The van der Waals surface area contributed by atoms with Gasteiger partial charge in [0.2, 0.25) is 0 Å². The third-order valence-electron chi connectivity index (χ3n) is 4.13. The molecule has 2 aromatic rings. The minimum atomic E-state index is -0.0232. The quantitative estimate of drug-likeness (QED) is 0.429. The molecule has 0 spiro atoms. The third kappa shape index (κ3) is 14.1. The average Bonchev–Trinajstić information content (AvgIpc) is 2.71. The van der Waals surface area contributed by atoms with Crippen LogP contribution in [0.3, 0.4) is 0 Å². The van der Waals surface area contributed by atoms with Gasteiger partial charge in [-0.15, -0.1) is 0 Å². The summed E-state index contributed by atoms with van der Waals surface area (Å²) in [7, 11) is 1.65. The average molecular weight is 404 g/mol. The largest absolute Gasteiger partial charge is 1.00 e. The summed E-state index contributed by atoms with van der Waals surface area (Å²) in [6.07, 6.45) is 7.48. The summed E-state index contributed by atoms with van der Waals surface area (Å²) >= 11 is 0. The van der Waals surface area contributed by atoms with Gasteiger partial charge in [0.15, 0.2) is 0 Å². The van der Waals surface area contributed by atoms with Crippen molar-refractivity contribution in [2.24, 2.45) is 0 Å². The number of hydrogen-bond donors (Lipinski definition) is 1. The van der Waals surface area contributed by atoms with Gasteiger partial charge >= 0.3 is 18.9 Å². The van der Waals surface area contributed by atoms with Crippen molar-refractivity contribution in [3.8, 4) is 5.75 Å². The van der Waals surface area contributed by atoms with E-state index in [1.807, 2.05) is 63.2 Å². The first kappa shape index (κ1) is 30.2. The van der Waals surface area contributed by atoms with Crippen molar-refractivity contribution in [1.29, 1.82) is 0 Å². The SMILES string of the molecule is CC[CH-]C(=O)Nc1c(C)cccc1C.[CH2-]CCCCC.[CH2-]c1ccc(OC)cc1.[Li+]. The van der Waals surface area contributed by atoms with Crippen molar-refractivity contribution < 1.29 is 28.4 Å². The van der Waals surface area contributed by atoms with Gasteiger partial charge in [0.05, 0.1) is 18.8 Å². The van der Waals surface area contributed by atoms with Crippen LogP contribution in [-0.4, -0.2) is 13.0 Å². The van der Waals surface area contributed by atoms with Crippen molar-refractivity contribution in [2.45, 2.75) is 59.8 Å². The normalized spacial score (nSPS) is 9.00. The Morgan fingerprint density at radius 3 is 2.00 bits per heavy atom. The van der Waals surface area contributed by atoms with E-state index in [0.717, 1.165) is 41.0 Å². The zero-order valence-electron chi connectivity index (χ0n) is 19.9. The zero-order chi connectivity index (χ0) is 22.1. The molecule has 0 radical (unpaired) electrons. The van der Waals surface area contributed by atoms with Gasteiger partial charge in [-0.05, 0) is 25.0 Å². The van der Waals surface area contributed by atoms with Crippen LogP contribution in [-0.2, 0) is 4.79 Å². The molecule has 0 saturated heterocycles. The Morgan fingerprint density at radius 1 is 1.03 bits per heavy atom. The van der Waals surface area contributed by atoms with Gasteiger partial charge in [-0.2, -0.15) is 37.5 Å². The number of para-hydroxylation sites is 1. The number of carbonyl (C=O) groups is 1. The molecule has 0 heterocycles. The van der Waals surface area contributed by atoms with Gasteiger partial charge in [0, 0.05) is 5.69 Å². The second-order valence-electron chi connectivity index (χ2n) is 6.78. The number of nitrogens with one attached hydrogen (secondary N) is 1. The van der Waals surface area contributed by atoms with Crippen LogP contribution in [0, 0.1) is 34.1 Å². The van der Waals surface area contributed by atoms with Crippen LogP contribution in [0.25, 0.3) is 0 Å².